The van der Waals surface area contributed by atoms with Gasteiger partial charge in [-0.1, -0.05) is 23.7 Å². The van der Waals surface area contributed by atoms with Gasteiger partial charge in [0.2, 0.25) is 0 Å². The number of fused-ring (bicyclic) bond motifs is 1. The Balaban J connectivity index is 1.84. The van der Waals surface area contributed by atoms with Crippen LogP contribution in [0.25, 0.3) is 0 Å². The largest absolute Gasteiger partial charge is 0.399 e. The molecule has 0 aliphatic heterocycles. The number of hydrogen-bond donors (Lipinski definition) is 2. The lowest BCUT2D eigenvalue weighted by atomic mass is 10.1. The number of nitrogen functional groups attached to an aromatic ring is 1. The molecule has 3 N–H and O–H groups in total. The zero-order valence-corrected chi connectivity index (χ0v) is 11.7. The van der Waals surface area contributed by atoms with Crippen LogP contribution in [0.4, 0.5) is 11.4 Å². The average molecular weight is 273 g/mol. The summed E-state index contributed by atoms with van der Waals surface area (Å²) in [6.07, 6.45) is 2.18. The van der Waals surface area contributed by atoms with E-state index >= 15 is 0 Å². The molecule has 0 amide bonds. The summed E-state index contributed by atoms with van der Waals surface area (Å²) in [6.45, 7) is 2.01. The molecule has 0 aromatic heterocycles. The minimum atomic E-state index is 0.356. The second-order valence-corrected chi connectivity index (χ2v) is 5.57. The van der Waals surface area contributed by atoms with Gasteiger partial charge in [0.1, 0.15) is 0 Å². The summed E-state index contributed by atoms with van der Waals surface area (Å²) in [4.78, 5) is 0. The van der Waals surface area contributed by atoms with Gasteiger partial charge in [0.25, 0.3) is 0 Å². The fourth-order valence-electron chi connectivity index (χ4n) is 2.67. The standard InChI is InChI=1S/C16H17ClN2/c1-10-2-5-13(9-15(10)17)19-16-7-3-11-8-12(18)4-6-14(11)16/h2,4-6,8-9,16,19H,3,7,18H2,1H3. The number of aryl methyl sites for hydroxylation is 2. The summed E-state index contributed by atoms with van der Waals surface area (Å²) >= 11 is 6.16. The van der Waals surface area contributed by atoms with Crippen molar-refractivity contribution in [1.82, 2.24) is 0 Å². The van der Waals surface area contributed by atoms with Crippen molar-refractivity contribution >= 4 is 23.0 Å². The number of rotatable bonds is 2. The molecule has 2 aromatic carbocycles. The average Bonchev–Trinajstić information content (AvgIpc) is 2.76. The van der Waals surface area contributed by atoms with Crippen LogP contribution in [0, 0.1) is 6.92 Å². The van der Waals surface area contributed by atoms with Crippen molar-refractivity contribution in [1.29, 1.82) is 0 Å². The predicted molar refractivity (Wildman–Crippen MR) is 81.7 cm³/mol. The molecule has 3 heteroatoms. The van der Waals surface area contributed by atoms with Crippen molar-refractivity contribution in [3.8, 4) is 0 Å². The Morgan fingerprint density at radius 2 is 2.05 bits per heavy atom. The van der Waals surface area contributed by atoms with Crippen LogP contribution in [0.1, 0.15) is 29.2 Å². The summed E-state index contributed by atoms with van der Waals surface area (Å²) in [7, 11) is 0. The van der Waals surface area contributed by atoms with E-state index in [1.165, 1.54) is 11.1 Å². The summed E-state index contributed by atoms with van der Waals surface area (Å²) in [5.41, 5.74) is 11.6. The van der Waals surface area contributed by atoms with E-state index in [-0.39, 0.29) is 0 Å². The summed E-state index contributed by atoms with van der Waals surface area (Å²) in [5, 5.41) is 4.37. The second kappa shape index (κ2) is 4.78. The Kier molecular flexibility index (Phi) is 3.11. The molecule has 98 valence electrons. The molecule has 0 heterocycles. The third-order valence-electron chi connectivity index (χ3n) is 3.76. The van der Waals surface area contributed by atoms with E-state index in [0.29, 0.717) is 6.04 Å². The van der Waals surface area contributed by atoms with Crippen LogP contribution in [-0.2, 0) is 6.42 Å². The molecule has 1 atom stereocenters. The lowest BCUT2D eigenvalue weighted by Crippen LogP contribution is -2.07. The lowest BCUT2D eigenvalue weighted by Gasteiger charge is -2.16. The van der Waals surface area contributed by atoms with E-state index in [2.05, 4.69) is 23.5 Å². The van der Waals surface area contributed by atoms with Gasteiger partial charge in [-0.25, -0.2) is 0 Å². The van der Waals surface area contributed by atoms with Crippen molar-refractivity contribution in [3.63, 3.8) is 0 Å². The first-order valence-corrected chi connectivity index (χ1v) is 6.92. The molecular formula is C16H17ClN2. The highest BCUT2D eigenvalue weighted by atomic mass is 35.5. The zero-order valence-electron chi connectivity index (χ0n) is 10.9. The first-order valence-electron chi connectivity index (χ1n) is 6.54. The molecule has 3 rings (SSSR count). The smallest absolute Gasteiger partial charge is 0.0519 e. The molecule has 0 fully saturated rings. The normalized spacial score (nSPS) is 17.3. The Hall–Kier alpha value is -1.67. The van der Waals surface area contributed by atoms with Crippen molar-refractivity contribution < 1.29 is 0 Å². The quantitative estimate of drug-likeness (QED) is 0.799. The molecule has 1 aliphatic rings. The third-order valence-corrected chi connectivity index (χ3v) is 4.16. The van der Waals surface area contributed by atoms with Gasteiger partial charge in [-0.3, -0.25) is 0 Å². The van der Waals surface area contributed by atoms with Crippen molar-refractivity contribution in [2.24, 2.45) is 0 Å². The van der Waals surface area contributed by atoms with Crippen LogP contribution in [0.15, 0.2) is 36.4 Å². The molecule has 1 unspecified atom stereocenters. The minimum Gasteiger partial charge on any atom is -0.399 e. The van der Waals surface area contributed by atoms with Crippen LogP contribution in [0.3, 0.4) is 0 Å². The highest BCUT2D eigenvalue weighted by molar-refractivity contribution is 6.31. The lowest BCUT2D eigenvalue weighted by molar-refractivity contribution is 0.762. The highest BCUT2D eigenvalue weighted by Gasteiger charge is 2.22. The predicted octanol–water partition coefficient (Wildman–Crippen LogP) is 4.33. The van der Waals surface area contributed by atoms with Gasteiger partial charge in [-0.15, -0.1) is 0 Å². The van der Waals surface area contributed by atoms with Gasteiger partial charge in [0.05, 0.1) is 6.04 Å². The topological polar surface area (TPSA) is 38.0 Å². The maximum atomic E-state index is 6.16. The van der Waals surface area contributed by atoms with Gasteiger partial charge in [-0.2, -0.15) is 0 Å². The monoisotopic (exact) mass is 272 g/mol. The SMILES string of the molecule is Cc1ccc(NC2CCc3cc(N)ccc32)cc1Cl. The van der Waals surface area contributed by atoms with Gasteiger partial charge >= 0.3 is 0 Å². The molecule has 0 radical (unpaired) electrons. The summed E-state index contributed by atoms with van der Waals surface area (Å²) in [6, 6.07) is 12.7. The number of nitrogens with one attached hydrogen (secondary N) is 1. The van der Waals surface area contributed by atoms with Gasteiger partial charge < -0.3 is 11.1 Å². The Labute approximate surface area is 118 Å². The fraction of sp³-hybridized carbons (Fsp3) is 0.250. The number of benzene rings is 2. The van der Waals surface area contributed by atoms with E-state index in [9.17, 15) is 0 Å². The van der Waals surface area contributed by atoms with Crippen molar-refractivity contribution in [2.45, 2.75) is 25.8 Å². The Morgan fingerprint density at radius 3 is 2.84 bits per heavy atom. The molecule has 2 nitrogen and oxygen atoms in total. The molecule has 0 spiro atoms. The number of anilines is 2. The first-order chi connectivity index (χ1) is 9.13. The first kappa shape index (κ1) is 12.4. The van der Waals surface area contributed by atoms with Gasteiger partial charge in [-0.05, 0) is 60.7 Å². The van der Waals surface area contributed by atoms with Crippen LogP contribution in [0.2, 0.25) is 5.02 Å². The van der Waals surface area contributed by atoms with Crippen LogP contribution >= 0.6 is 11.6 Å². The molecule has 1 aliphatic carbocycles. The van der Waals surface area contributed by atoms with Gasteiger partial charge in [0, 0.05) is 16.4 Å². The van der Waals surface area contributed by atoms with E-state index in [4.69, 9.17) is 17.3 Å². The fourth-order valence-corrected chi connectivity index (χ4v) is 2.85. The number of hydrogen-bond acceptors (Lipinski definition) is 2. The van der Waals surface area contributed by atoms with E-state index in [1.807, 2.05) is 25.1 Å². The minimum absolute atomic E-state index is 0.356. The highest BCUT2D eigenvalue weighted by Crippen LogP contribution is 2.35. The summed E-state index contributed by atoms with van der Waals surface area (Å²) in [5.74, 6) is 0. The molecule has 19 heavy (non-hydrogen) atoms. The molecule has 0 saturated heterocycles. The van der Waals surface area contributed by atoms with Crippen molar-refractivity contribution in [2.75, 3.05) is 11.1 Å². The third kappa shape index (κ3) is 2.41. The van der Waals surface area contributed by atoms with Crippen LogP contribution in [0.5, 0.6) is 0 Å². The van der Waals surface area contributed by atoms with Crippen LogP contribution < -0.4 is 11.1 Å². The molecule has 2 aromatic rings. The van der Waals surface area contributed by atoms with E-state index in [1.54, 1.807) is 0 Å². The molecule has 0 saturated carbocycles. The van der Waals surface area contributed by atoms with E-state index < -0.39 is 0 Å². The summed E-state index contributed by atoms with van der Waals surface area (Å²) < 4.78 is 0. The number of nitrogens with two attached hydrogens (primary N) is 1. The zero-order chi connectivity index (χ0) is 13.4. The maximum absolute atomic E-state index is 6.16. The van der Waals surface area contributed by atoms with Gasteiger partial charge in [0.15, 0.2) is 0 Å². The van der Waals surface area contributed by atoms with E-state index in [0.717, 1.165) is 34.8 Å². The maximum Gasteiger partial charge on any atom is 0.0519 e. The second-order valence-electron chi connectivity index (χ2n) is 5.16. The Bertz CT molecular complexity index is 622. The van der Waals surface area contributed by atoms with Crippen LogP contribution in [-0.4, -0.2) is 0 Å². The van der Waals surface area contributed by atoms with Crippen molar-refractivity contribution in [3.05, 3.63) is 58.1 Å². The number of halogens is 1. The molecular weight excluding hydrogens is 256 g/mol. The molecule has 0 bridgehead atoms. The Morgan fingerprint density at radius 1 is 1.21 bits per heavy atom.